The average Bonchev–Trinajstić information content (AvgIpc) is 2.66. The summed E-state index contributed by atoms with van der Waals surface area (Å²) in [5, 5.41) is 1.54. The van der Waals surface area contributed by atoms with E-state index in [1.54, 1.807) is 0 Å². The Bertz CT molecular complexity index is 840. The number of unbranched alkanes of at least 4 members (excludes halogenated alkanes) is 8. The first-order chi connectivity index (χ1) is 13.5. The van der Waals surface area contributed by atoms with Crippen LogP contribution in [0, 0.1) is 0 Å². The van der Waals surface area contributed by atoms with Crippen molar-refractivity contribution in [3.8, 4) is 0 Å². The maximum atomic E-state index is 12.3. The zero-order valence-electron chi connectivity index (χ0n) is 17.5. The summed E-state index contributed by atoms with van der Waals surface area (Å²) in [4.78, 5) is 0.143. The summed E-state index contributed by atoms with van der Waals surface area (Å²) in [5.41, 5.74) is 1.94. The molecule has 0 bridgehead atoms. The second kappa shape index (κ2) is 11.6. The number of fused-ring (bicyclic) bond motifs is 1. The van der Waals surface area contributed by atoms with Crippen molar-refractivity contribution in [3.05, 3.63) is 41.5 Å². The van der Waals surface area contributed by atoms with Gasteiger partial charge in [0.25, 0.3) is 10.1 Å². The van der Waals surface area contributed by atoms with Gasteiger partial charge in [0, 0.05) is 5.39 Å². The molecule has 3 nitrogen and oxygen atoms in total. The third kappa shape index (κ3) is 6.59. The molecule has 28 heavy (non-hydrogen) atoms. The molecule has 0 spiro atoms. The first-order valence-electron chi connectivity index (χ1n) is 11.0. The van der Waals surface area contributed by atoms with E-state index in [-0.39, 0.29) is 4.90 Å². The molecule has 1 N–H and O–H groups in total. The number of aryl methyl sites for hydroxylation is 1. The highest BCUT2D eigenvalue weighted by molar-refractivity contribution is 7.86. The van der Waals surface area contributed by atoms with Crippen molar-refractivity contribution in [3.63, 3.8) is 0 Å². The van der Waals surface area contributed by atoms with Crippen LogP contribution >= 0.6 is 0 Å². The molecule has 0 amide bonds. The van der Waals surface area contributed by atoms with Gasteiger partial charge in [-0.05, 0) is 42.2 Å². The van der Waals surface area contributed by atoms with Crippen LogP contribution in [0.2, 0.25) is 0 Å². The van der Waals surface area contributed by atoms with Gasteiger partial charge in [-0.2, -0.15) is 8.42 Å². The fourth-order valence-electron chi connectivity index (χ4n) is 4.03. The average molecular weight is 405 g/mol. The summed E-state index contributed by atoms with van der Waals surface area (Å²) in [6, 6.07) is 9.66. The minimum absolute atomic E-state index is 0.143. The molecule has 0 unspecified atom stereocenters. The minimum atomic E-state index is -4.27. The lowest BCUT2D eigenvalue weighted by Crippen LogP contribution is -2.08. The predicted molar refractivity (Wildman–Crippen MR) is 119 cm³/mol. The van der Waals surface area contributed by atoms with E-state index in [1.807, 2.05) is 24.3 Å². The summed E-state index contributed by atoms with van der Waals surface area (Å²) in [6.07, 6.45) is 13.1. The fraction of sp³-hybridized carbons (Fsp3) is 0.583. The minimum Gasteiger partial charge on any atom is -0.282 e. The Morgan fingerprint density at radius 2 is 1.36 bits per heavy atom. The Labute approximate surface area is 171 Å². The molecule has 4 heteroatoms. The van der Waals surface area contributed by atoms with E-state index < -0.39 is 10.1 Å². The molecule has 0 fully saturated rings. The van der Waals surface area contributed by atoms with Crippen LogP contribution in [-0.4, -0.2) is 13.0 Å². The monoisotopic (exact) mass is 404 g/mol. The molecule has 156 valence electrons. The lowest BCUT2D eigenvalue weighted by molar-refractivity contribution is 0.482. The zero-order valence-corrected chi connectivity index (χ0v) is 18.4. The highest BCUT2D eigenvalue weighted by Gasteiger charge is 2.22. The molecule has 2 rings (SSSR count). The van der Waals surface area contributed by atoms with Crippen molar-refractivity contribution >= 4 is 20.9 Å². The molecule has 2 aromatic carbocycles. The van der Waals surface area contributed by atoms with Gasteiger partial charge >= 0.3 is 0 Å². The Morgan fingerprint density at radius 1 is 0.786 bits per heavy atom. The number of benzene rings is 2. The normalized spacial score (nSPS) is 12.0. The maximum absolute atomic E-state index is 12.3. The Kier molecular flexibility index (Phi) is 9.46. The van der Waals surface area contributed by atoms with Crippen LogP contribution in [0.3, 0.4) is 0 Å². The zero-order chi connectivity index (χ0) is 20.4. The molecule has 0 saturated heterocycles. The molecular formula is C24H36O3S. The lowest BCUT2D eigenvalue weighted by Gasteiger charge is -2.17. The van der Waals surface area contributed by atoms with E-state index in [4.69, 9.17) is 0 Å². The van der Waals surface area contributed by atoms with Gasteiger partial charge < -0.3 is 0 Å². The van der Waals surface area contributed by atoms with E-state index in [0.29, 0.717) is 11.8 Å². The van der Waals surface area contributed by atoms with Crippen LogP contribution in [0.15, 0.2) is 35.2 Å². The molecular weight excluding hydrogens is 368 g/mol. The van der Waals surface area contributed by atoms with Gasteiger partial charge in [-0.3, -0.25) is 4.55 Å². The van der Waals surface area contributed by atoms with Gasteiger partial charge in [0.05, 0.1) is 0 Å². The highest BCUT2D eigenvalue weighted by Crippen LogP contribution is 2.32. The number of hydrogen-bond acceptors (Lipinski definition) is 2. The summed E-state index contributed by atoms with van der Waals surface area (Å²) in [6.45, 7) is 4.40. The van der Waals surface area contributed by atoms with Crippen molar-refractivity contribution in [2.24, 2.45) is 0 Å². The van der Waals surface area contributed by atoms with Crippen LogP contribution in [-0.2, 0) is 23.0 Å². The number of rotatable bonds is 13. The molecule has 0 aliphatic rings. The van der Waals surface area contributed by atoms with E-state index in [9.17, 15) is 13.0 Å². The molecule has 0 aliphatic heterocycles. The van der Waals surface area contributed by atoms with Crippen molar-refractivity contribution in [1.82, 2.24) is 0 Å². The van der Waals surface area contributed by atoms with Crippen molar-refractivity contribution in [2.75, 3.05) is 0 Å². The standard InChI is InChI=1S/C24H36O3S/c1-3-5-7-9-11-15-20-19-21-16-13-14-18-23(21)24(28(25,26)27)22(20)17-12-10-8-6-4-2/h13-14,16,18-19H,3-12,15,17H2,1-2H3,(H,25,26,27). The van der Waals surface area contributed by atoms with Gasteiger partial charge in [0.2, 0.25) is 0 Å². The molecule has 0 heterocycles. The second-order valence-electron chi connectivity index (χ2n) is 7.87. The number of hydrogen-bond donors (Lipinski definition) is 1. The Balaban J connectivity index is 2.35. The quantitative estimate of drug-likeness (QED) is 0.286. The lowest BCUT2D eigenvalue weighted by atomic mass is 9.93. The molecule has 0 saturated carbocycles. The maximum Gasteiger partial charge on any atom is 0.295 e. The van der Waals surface area contributed by atoms with Gasteiger partial charge in [-0.15, -0.1) is 0 Å². The highest BCUT2D eigenvalue weighted by atomic mass is 32.2. The summed E-state index contributed by atoms with van der Waals surface area (Å²) in [5.74, 6) is 0. The Morgan fingerprint density at radius 3 is 1.96 bits per heavy atom. The fourth-order valence-corrected chi connectivity index (χ4v) is 5.04. The van der Waals surface area contributed by atoms with Crippen LogP contribution in [0.4, 0.5) is 0 Å². The predicted octanol–water partition coefficient (Wildman–Crippen LogP) is 7.11. The van der Waals surface area contributed by atoms with Crippen LogP contribution in [0.25, 0.3) is 10.8 Å². The third-order valence-corrected chi connectivity index (χ3v) is 6.52. The van der Waals surface area contributed by atoms with Crippen molar-refractivity contribution in [2.45, 2.75) is 95.8 Å². The molecule has 0 aliphatic carbocycles. The van der Waals surface area contributed by atoms with Gasteiger partial charge in [-0.25, -0.2) is 0 Å². The van der Waals surface area contributed by atoms with Gasteiger partial charge in [-0.1, -0.05) is 95.5 Å². The van der Waals surface area contributed by atoms with Crippen molar-refractivity contribution < 1.29 is 13.0 Å². The third-order valence-electron chi connectivity index (χ3n) is 5.53. The first-order valence-corrected chi connectivity index (χ1v) is 12.4. The summed E-state index contributed by atoms with van der Waals surface area (Å²) >= 11 is 0. The smallest absolute Gasteiger partial charge is 0.282 e. The molecule has 2 aromatic rings. The molecule has 0 aromatic heterocycles. The summed E-state index contributed by atoms with van der Waals surface area (Å²) < 4.78 is 34.7. The van der Waals surface area contributed by atoms with E-state index in [2.05, 4.69) is 19.9 Å². The van der Waals surface area contributed by atoms with Crippen molar-refractivity contribution in [1.29, 1.82) is 0 Å². The van der Waals surface area contributed by atoms with E-state index >= 15 is 0 Å². The van der Waals surface area contributed by atoms with E-state index in [1.165, 1.54) is 38.5 Å². The topological polar surface area (TPSA) is 54.4 Å². The molecule has 0 atom stereocenters. The largest absolute Gasteiger partial charge is 0.295 e. The SMILES string of the molecule is CCCCCCCc1cc2ccccc2c(S(=O)(=O)O)c1CCCCCCC. The van der Waals surface area contributed by atoms with Crippen LogP contribution in [0.5, 0.6) is 0 Å². The van der Waals surface area contributed by atoms with Crippen LogP contribution < -0.4 is 0 Å². The van der Waals surface area contributed by atoms with Crippen LogP contribution in [0.1, 0.15) is 89.2 Å². The van der Waals surface area contributed by atoms with E-state index in [0.717, 1.165) is 48.6 Å². The first kappa shape index (κ1) is 22.9. The Hall–Kier alpha value is -1.39. The molecule has 0 radical (unpaired) electrons. The summed E-state index contributed by atoms with van der Waals surface area (Å²) in [7, 11) is -4.27. The van der Waals surface area contributed by atoms with Gasteiger partial charge in [0.15, 0.2) is 0 Å². The van der Waals surface area contributed by atoms with Gasteiger partial charge in [0.1, 0.15) is 4.90 Å². The second-order valence-corrected chi connectivity index (χ2v) is 9.23.